The molecule has 0 bridgehead atoms. The number of rotatable bonds is 3. The Bertz CT molecular complexity index is 785. The van der Waals surface area contributed by atoms with Gasteiger partial charge in [-0.3, -0.25) is 4.79 Å². The summed E-state index contributed by atoms with van der Waals surface area (Å²) in [6, 6.07) is 4.24. The van der Waals surface area contributed by atoms with Gasteiger partial charge in [0.25, 0.3) is 0 Å². The number of benzene rings is 1. The van der Waals surface area contributed by atoms with Crippen LogP contribution in [0.2, 0.25) is 0 Å². The molecule has 4 rings (SSSR count). The third kappa shape index (κ3) is 1.93. The Morgan fingerprint density at radius 3 is 2.50 bits per heavy atom. The zero-order valence-electron chi connectivity index (χ0n) is 14.7. The first-order chi connectivity index (χ1) is 11.6. The Hall–Kier alpha value is -2.03. The van der Waals surface area contributed by atoms with Gasteiger partial charge in [-0.1, -0.05) is 13.0 Å². The van der Waals surface area contributed by atoms with Crippen molar-refractivity contribution in [1.29, 1.82) is 0 Å². The summed E-state index contributed by atoms with van der Waals surface area (Å²) in [5.74, 6) is 2.01. The average molecular weight is 324 g/mol. The van der Waals surface area contributed by atoms with Gasteiger partial charge in [-0.05, 0) is 72.1 Å². The number of carbonyl (C=O) groups excluding carboxylic acids is 1. The second-order valence-corrected chi connectivity index (χ2v) is 7.00. The van der Waals surface area contributed by atoms with Gasteiger partial charge in [0.15, 0.2) is 11.5 Å². The second kappa shape index (κ2) is 5.51. The maximum absolute atomic E-state index is 12.6. The van der Waals surface area contributed by atoms with E-state index >= 15 is 0 Å². The van der Waals surface area contributed by atoms with E-state index in [0.29, 0.717) is 12.2 Å². The van der Waals surface area contributed by atoms with E-state index in [1.54, 1.807) is 14.2 Å². The van der Waals surface area contributed by atoms with E-state index in [-0.39, 0.29) is 5.41 Å². The van der Waals surface area contributed by atoms with Crippen molar-refractivity contribution < 1.29 is 14.3 Å². The minimum atomic E-state index is -0.201. The van der Waals surface area contributed by atoms with E-state index in [0.717, 1.165) is 43.6 Å². The zero-order valence-corrected chi connectivity index (χ0v) is 14.7. The minimum Gasteiger partial charge on any atom is -0.493 e. The summed E-state index contributed by atoms with van der Waals surface area (Å²) >= 11 is 0. The van der Waals surface area contributed by atoms with Gasteiger partial charge in [0.2, 0.25) is 0 Å². The third-order valence-electron chi connectivity index (χ3n) is 6.21. The molecule has 0 amide bonds. The van der Waals surface area contributed by atoms with E-state index < -0.39 is 0 Å². The van der Waals surface area contributed by atoms with Crippen molar-refractivity contribution in [3.05, 3.63) is 40.5 Å². The Morgan fingerprint density at radius 2 is 1.79 bits per heavy atom. The van der Waals surface area contributed by atoms with Crippen LogP contribution in [-0.4, -0.2) is 20.0 Å². The van der Waals surface area contributed by atoms with Crippen LogP contribution in [0.15, 0.2) is 29.4 Å². The lowest BCUT2D eigenvalue weighted by molar-refractivity contribution is -0.125. The summed E-state index contributed by atoms with van der Waals surface area (Å²) < 4.78 is 11.0. The maximum Gasteiger partial charge on any atom is 0.161 e. The van der Waals surface area contributed by atoms with Crippen LogP contribution >= 0.6 is 0 Å². The zero-order chi connectivity index (χ0) is 16.9. The molecule has 0 aliphatic heterocycles. The SMILES string of the molecule is CC[C@]12CCC3=C(CCc4cc(OC)c(OC)cc43)C1=CCC2=O. The van der Waals surface area contributed by atoms with Crippen LogP contribution in [-0.2, 0) is 11.2 Å². The Morgan fingerprint density at radius 1 is 1.04 bits per heavy atom. The smallest absolute Gasteiger partial charge is 0.161 e. The lowest BCUT2D eigenvalue weighted by atomic mass is 9.63. The van der Waals surface area contributed by atoms with Gasteiger partial charge in [-0.15, -0.1) is 0 Å². The van der Waals surface area contributed by atoms with E-state index in [9.17, 15) is 4.79 Å². The molecule has 0 saturated heterocycles. The number of carbonyl (C=O) groups is 1. The molecule has 0 unspecified atom stereocenters. The predicted molar refractivity (Wildman–Crippen MR) is 94.5 cm³/mol. The number of methoxy groups -OCH3 is 2. The average Bonchev–Trinajstić information content (AvgIpc) is 2.97. The summed E-state index contributed by atoms with van der Waals surface area (Å²) in [5.41, 5.74) is 6.60. The molecule has 3 heteroatoms. The first kappa shape index (κ1) is 15.5. The molecule has 0 N–H and O–H groups in total. The minimum absolute atomic E-state index is 0.201. The van der Waals surface area contributed by atoms with Crippen LogP contribution in [0.3, 0.4) is 0 Å². The number of fused-ring (bicyclic) bond motifs is 4. The lowest BCUT2D eigenvalue weighted by Crippen LogP contribution is -2.33. The van der Waals surface area contributed by atoms with Gasteiger partial charge in [-0.2, -0.15) is 0 Å². The molecule has 1 atom stereocenters. The molecule has 0 fully saturated rings. The molecule has 3 aliphatic carbocycles. The summed E-state index contributed by atoms with van der Waals surface area (Å²) in [4.78, 5) is 12.6. The van der Waals surface area contributed by atoms with E-state index in [4.69, 9.17) is 9.47 Å². The van der Waals surface area contributed by atoms with Crippen molar-refractivity contribution in [2.45, 2.75) is 45.4 Å². The summed E-state index contributed by atoms with van der Waals surface area (Å²) in [6.45, 7) is 2.16. The molecule has 1 aromatic rings. The van der Waals surface area contributed by atoms with Crippen LogP contribution < -0.4 is 9.47 Å². The molecular formula is C21H24O3. The Balaban J connectivity index is 1.86. The summed E-state index contributed by atoms with van der Waals surface area (Å²) in [6.07, 6.45) is 7.69. The number of allylic oxidation sites excluding steroid dienone is 4. The molecular weight excluding hydrogens is 300 g/mol. The van der Waals surface area contributed by atoms with Crippen LogP contribution in [0.1, 0.15) is 50.2 Å². The van der Waals surface area contributed by atoms with Crippen molar-refractivity contribution in [1.82, 2.24) is 0 Å². The molecule has 1 aromatic carbocycles. The fourth-order valence-corrected chi connectivity index (χ4v) is 4.89. The monoisotopic (exact) mass is 324 g/mol. The van der Waals surface area contributed by atoms with E-state index in [2.05, 4.69) is 25.1 Å². The highest BCUT2D eigenvalue weighted by Gasteiger charge is 2.47. The molecule has 24 heavy (non-hydrogen) atoms. The van der Waals surface area contributed by atoms with Crippen molar-refractivity contribution in [2.75, 3.05) is 14.2 Å². The maximum atomic E-state index is 12.6. The van der Waals surface area contributed by atoms with Gasteiger partial charge in [-0.25, -0.2) is 0 Å². The quantitative estimate of drug-likeness (QED) is 0.821. The standard InChI is InChI=1S/C21H24O3/c1-4-21-10-9-14-15(17(21)7-8-20(21)22)6-5-13-11-18(23-2)19(24-3)12-16(13)14/h7,11-12H,4-6,8-10H2,1-3H3/t21-/m0/s1. The molecule has 0 radical (unpaired) electrons. The van der Waals surface area contributed by atoms with Crippen LogP contribution in [0, 0.1) is 5.41 Å². The fraction of sp³-hybridized carbons (Fsp3) is 0.476. The lowest BCUT2D eigenvalue weighted by Gasteiger charge is -2.39. The number of Topliss-reactive ketones (excluding diaryl/α,β-unsaturated/α-hetero) is 1. The highest BCUT2D eigenvalue weighted by molar-refractivity contribution is 5.97. The van der Waals surface area contributed by atoms with Gasteiger partial charge < -0.3 is 9.47 Å². The molecule has 0 spiro atoms. The molecule has 0 aromatic heterocycles. The number of ether oxygens (including phenoxy) is 2. The van der Waals surface area contributed by atoms with E-state index in [1.807, 2.05) is 0 Å². The number of hydrogen-bond acceptors (Lipinski definition) is 3. The highest BCUT2D eigenvalue weighted by atomic mass is 16.5. The second-order valence-electron chi connectivity index (χ2n) is 7.00. The normalized spacial score (nSPS) is 25.0. The third-order valence-corrected chi connectivity index (χ3v) is 6.21. The van der Waals surface area contributed by atoms with Gasteiger partial charge in [0, 0.05) is 6.42 Å². The molecule has 126 valence electrons. The van der Waals surface area contributed by atoms with Crippen LogP contribution in [0.25, 0.3) is 5.57 Å². The number of aryl methyl sites for hydroxylation is 1. The number of hydrogen-bond donors (Lipinski definition) is 0. The van der Waals surface area contributed by atoms with Crippen LogP contribution in [0.4, 0.5) is 0 Å². The summed E-state index contributed by atoms with van der Waals surface area (Å²) in [5, 5.41) is 0. The first-order valence-electron chi connectivity index (χ1n) is 8.86. The van der Waals surface area contributed by atoms with Crippen LogP contribution in [0.5, 0.6) is 11.5 Å². The molecule has 0 saturated carbocycles. The summed E-state index contributed by atoms with van der Waals surface area (Å²) in [7, 11) is 3.37. The van der Waals surface area contributed by atoms with Crippen molar-refractivity contribution in [2.24, 2.45) is 5.41 Å². The van der Waals surface area contributed by atoms with Gasteiger partial charge >= 0.3 is 0 Å². The van der Waals surface area contributed by atoms with Crippen molar-refractivity contribution in [3.8, 4) is 11.5 Å². The van der Waals surface area contributed by atoms with Crippen molar-refractivity contribution in [3.63, 3.8) is 0 Å². The fourth-order valence-electron chi connectivity index (χ4n) is 4.89. The molecule has 3 nitrogen and oxygen atoms in total. The van der Waals surface area contributed by atoms with Gasteiger partial charge in [0.1, 0.15) is 5.78 Å². The number of ketones is 1. The van der Waals surface area contributed by atoms with Gasteiger partial charge in [0.05, 0.1) is 19.6 Å². The molecule has 3 aliphatic rings. The first-order valence-corrected chi connectivity index (χ1v) is 8.86. The largest absolute Gasteiger partial charge is 0.493 e. The predicted octanol–water partition coefficient (Wildman–Crippen LogP) is 4.49. The topological polar surface area (TPSA) is 35.5 Å². The Labute approximate surface area is 143 Å². The highest BCUT2D eigenvalue weighted by Crippen LogP contribution is 2.56. The Kier molecular flexibility index (Phi) is 3.56. The molecule has 0 heterocycles. The van der Waals surface area contributed by atoms with E-state index in [1.165, 1.54) is 27.8 Å². The van der Waals surface area contributed by atoms with Crippen molar-refractivity contribution >= 4 is 11.4 Å².